The van der Waals surface area contributed by atoms with Crippen LogP contribution in [-0.2, 0) is 19.2 Å². The van der Waals surface area contributed by atoms with Gasteiger partial charge < -0.3 is 14.1 Å². The van der Waals surface area contributed by atoms with E-state index in [0.29, 0.717) is 23.3 Å². The Morgan fingerprint density at radius 2 is 1.69 bits per heavy atom. The van der Waals surface area contributed by atoms with Crippen LogP contribution < -0.4 is 10.0 Å². The average Bonchev–Trinajstić information content (AvgIpc) is 3.40. The molecule has 212 valence electrons. The Balaban J connectivity index is 1.84. The third-order valence-electron chi connectivity index (χ3n) is 7.61. The molecule has 0 radical (unpaired) electrons. The average molecular weight is 572 g/mol. The smallest absolute Gasteiger partial charge is 0.419 e. The second kappa shape index (κ2) is 10.1. The fourth-order valence-electron chi connectivity index (χ4n) is 4.67. The molecule has 0 amide bonds. The Kier molecular flexibility index (Phi) is 7.57. The number of carbonyl (C=O) groups is 1. The van der Waals surface area contributed by atoms with Gasteiger partial charge in [-0.1, -0.05) is 39.0 Å². The first kappa shape index (κ1) is 29.3. The van der Waals surface area contributed by atoms with Gasteiger partial charge in [0.1, 0.15) is 5.60 Å². The topological polar surface area (TPSA) is 104 Å². The van der Waals surface area contributed by atoms with Gasteiger partial charge in [0.05, 0.1) is 22.2 Å². The number of anilines is 1. The van der Waals surface area contributed by atoms with Crippen LogP contribution in [0.1, 0.15) is 48.0 Å². The van der Waals surface area contributed by atoms with Crippen molar-refractivity contribution in [3.63, 3.8) is 0 Å². The van der Waals surface area contributed by atoms with Gasteiger partial charge in [0.25, 0.3) is 0 Å². The summed E-state index contributed by atoms with van der Waals surface area (Å²) in [6.45, 7) is 18.0. The zero-order valence-electron chi connectivity index (χ0n) is 24.2. The van der Waals surface area contributed by atoms with Gasteiger partial charge in [-0.15, -0.1) is 0 Å². The number of sulfonamides is 1. The van der Waals surface area contributed by atoms with Crippen LogP contribution in [0.25, 0.3) is 22.2 Å². The molecule has 0 unspecified atom stereocenters. The molecule has 0 saturated carbocycles. The SMILES string of the molecule is CC(C)(C)OC(=O)n1c(-c2cc(S(N)(=O)=O)ccc2N2CC[C@H](O[Si](C)(C)C(C)(C)C)C2)cc2ccccc21. The van der Waals surface area contributed by atoms with Crippen LogP contribution in [0.4, 0.5) is 10.5 Å². The molecule has 2 heterocycles. The third-order valence-corrected chi connectivity index (χ3v) is 13.1. The maximum atomic E-state index is 13.5. The van der Waals surface area contributed by atoms with Crippen LogP contribution in [0.2, 0.25) is 18.1 Å². The fourth-order valence-corrected chi connectivity index (χ4v) is 6.59. The predicted molar refractivity (Wildman–Crippen MR) is 159 cm³/mol. The van der Waals surface area contributed by atoms with Gasteiger partial charge in [-0.25, -0.2) is 22.9 Å². The van der Waals surface area contributed by atoms with E-state index in [2.05, 4.69) is 38.8 Å². The van der Waals surface area contributed by atoms with Crippen molar-refractivity contribution in [1.29, 1.82) is 0 Å². The van der Waals surface area contributed by atoms with Crippen molar-refractivity contribution in [1.82, 2.24) is 4.57 Å². The Morgan fingerprint density at radius 3 is 2.31 bits per heavy atom. The Hall–Kier alpha value is -2.66. The summed E-state index contributed by atoms with van der Waals surface area (Å²) in [5.41, 5.74) is 1.91. The van der Waals surface area contributed by atoms with Gasteiger partial charge in [-0.2, -0.15) is 0 Å². The lowest BCUT2D eigenvalue weighted by molar-refractivity contribution is 0.0547. The molecule has 2 aromatic carbocycles. The molecule has 10 heteroatoms. The second-order valence-corrected chi connectivity index (χ2v) is 19.2. The Morgan fingerprint density at radius 1 is 1.03 bits per heavy atom. The van der Waals surface area contributed by atoms with Crippen LogP contribution in [0.5, 0.6) is 0 Å². The van der Waals surface area contributed by atoms with E-state index in [0.717, 1.165) is 24.0 Å². The van der Waals surface area contributed by atoms with E-state index in [1.807, 2.05) is 51.1 Å². The quantitative estimate of drug-likeness (QED) is 0.359. The molecule has 1 aliphatic rings. The van der Waals surface area contributed by atoms with Gasteiger partial charge in [0.2, 0.25) is 10.0 Å². The first-order valence-electron chi connectivity index (χ1n) is 13.3. The number of fused-ring (bicyclic) bond motifs is 1. The number of ether oxygens (including phenoxy) is 1. The molecular formula is C29H41N3O5SSi. The summed E-state index contributed by atoms with van der Waals surface area (Å²) < 4.78 is 38.8. The number of aromatic nitrogens is 1. The van der Waals surface area contributed by atoms with Crippen LogP contribution in [0.15, 0.2) is 53.4 Å². The number of hydrogen-bond donors (Lipinski definition) is 1. The second-order valence-electron chi connectivity index (χ2n) is 12.9. The zero-order valence-corrected chi connectivity index (χ0v) is 26.1. The van der Waals surface area contributed by atoms with Gasteiger partial charge in [0.15, 0.2) is 8.32 Å². The fraction of sp³-hybridized carbons (Fsp3) is 0.483. The first-order chi connectivity index (χ1) is 17.9. The van der Waals surface area contributed by atoms with E-state index >= 15 is 0 Å². The Labute approximate surface area is 233 Å². The minimum Gasteiger partial charge on any atom is -0.443 e. The molecule has 8 nitrogen and oxygen atoms in total. The molecule has 0 aliphatic carbocycles. The lowest BCUT2D eigenvalue weighted by atomic mass is 10.1. The highest BCUT2D eigenvalue weighted by molar-refractivity contribution is 7.89. The van der Waals surface area contributed by atoms with Crippen molar-refractivity contribution in [2.45, 2.75) is 82.7 Å². The molecule has 4 rings (SSSR count). The van der Waals surface area contributed by atoms with Crippen molar-refractivity contribution in [2.24, 2.45) is 5.14 Å². The van der Waals surface area contributed by atoms with Crippen molar-refractivity contribution >= 4 is 41.0 Å². The van der Waals surface area contributed by atoms with E-state index in [1.54, 1.807) is 12.1 Å². The van der Waals surface area contributed by atoms with E-state index < -0.39 is 30.0 Å². The van der Waals surface area contributed by atoms with Crippen LogP contribution in [0.3, 0.4) is 0 Å². The molecule has 0 bridgehead atoms. The number of nitrogens with zero attached hydrogens (tertiary/aromatic N) is 2. The molecule has 1 fully saturated rings. The number of rotatable bonds is 5. The highest BCUT2D eigenvalue weighted by Gasteiger charge is 2.41. The number of primary sulfonamides is 1. The van der Waals surface area contributed by atoms with Crippen molar-refractivity contribution in [2.75, 3.05) is 18.0 Å². The van der Waals surface area contributed by atoms with Crippen LogP contribution in [-0.4, -0.2) is 52.2 Å². The summed E-state index contributed by atoms with van der Waals surface area (Å²) in [6, 6.07) is 14.3. The minimum absolute atomic E-state index is 0.0180. The molecule has 2 N–H and O–H groups in total. The molecule has 39 heavy (non-hydrogen) atoms. The molecule has 1 atom stereocenters. The molecule has 0 spiro atoms. The first-order valence-corrected chi connectivity index (χ1v) is 17.8. The number of carbonyl (C=O) groups excluding carboxylic acids is 1. The zero-order chi connectivity index (χ0) is 29.0. The van der Waals surface area contributed by atoms with Gasteiger partial charge in [-0.05, 0) is 75.7 Å². The molecule has 3 aromatic rings. The molecule has 1 aromatic heterocycles. The van der Waals surface area contributed by atoms with Gasteiger partial charge in [-0.3, -0.25) is 0 Å². The maximum Gasteiger partial charge on any atom is 0.419 e. The van der Waals surface area contributed by atoms with Crippen molar-refractivity contribution < 1.29 is 22.4 Å². The number of para-hydroxylation sites is 1. The van der Waals surface area contributed by atoms with Crippen molar-refractivity contribution in [3.05, 3.63) is 48.5 Å². The summed E-state index contributed by atoms with van der Waals surface area (Å²) in [5.74, 6) is 0. The summed E-state index contributed by atoms with van der Waals surface area (Å²) in [6.07, 6.45) is 0.386. The van der Waals surface area contributed by atoms with Crippen molar-refractivity contribution in [3.8, 4) is 11.3 Å². The van der Waals surface area contributed by atoms with Gasteiger partial charge >= 0.3 is 6.09 Å². The van der Waals surface area contributed by atoms with E-state index in [9.17, 15) is 13.2 Å². The van der Waals surface area contributed by atoms with E-state index in [4.69, 9.17) is 14.3 Å². The largest absolute Gasteiger partial charge is 0.443 e. The predicted octanol–water partition coefficient (Wildman–Crippen LogP) is 6.34. The Bertz CT molecular complexity index is 1500. The number of hydrogen-bond acceptors (Lipinski definition) is 6. The summed E-state index contributed by atoms with van der Waals surface area (Å²) in [7, 11) is -5.95. The lowest BCUT2D eigenvalue weighted by Crippen LogP contribution is -2.44. The standard InChI is InChI=1S/C29H41N3O5SSi/c1-28(2,3)36-27(33)32-24-12-10-9-11-20(24)17-26(32)23-18-22(38(30,34)35)13-14-25(23)31-16-15-21(19-31)37-39(7,8)29(4,5)6/h9-14,17-18,21H,15-16,19H2,1-8H3,(H2,30,34,35)/t21-/m0/s1. The summed E-state index contributed by atoms with van der Waals surface area (Å²) in [4.78, 5) is 15.7. The highest BCUT2D eigenvalue weighted by atomic mass is 32.2. The monoisotopic (exact) mass is 571 g/mol. The number of nitrogens with two attached hydrogens (primary N) is 1. The van der Waals surface area contributed by atoms with Gasteiger partial charge in [0, 0.05) is 29.7 Å². The minimum atomic E-state index is -3.98. The normalized spacial score (nSPS) is 17.2. The molecule has 1 aliphatic heterocycles. The summed E-state index contributed by atoms with van der Waals surface area (Å²) in [5, 5.41) is 6.47. The third kappa shape index (κ3) is 6.24. The molecule has 1 saturated heterocycles. The van der Waals surface area contributed by atoms with E-state index in [1.165, 1.54) is 10.6 Å². The maximum absolute atomic E-state index is 13.5. The number of benzene rings is 2. The molecular weight excluding hydrogens is 530 g/mol. The van der Waals surface area contributed by atoms with Crippen LogP contribution >= 0.6 is 0 Å². The van der Waals surface area contributed by atoms with Crippen LogP contribution in [0, 0.1) is 0 Å². The lowest BCUT2D eigenvalue weighted by Gasteiger charge is -2.38. The van der Waals surface area contributed by atoms with E-state index in [-0.39, 0.29) is 16.0 Å². The summed E-state index contributed by atoms with van der Waals surface area (Å²) >= 11 is 0. The highest BCUT2D eigenvalue weighted by Crippen LogP contribution is 2.41.